The number of methoxy groups -OCH3 is 1. The lowest BCUT2D eigenvalue weighted by Gasteiger charge is -2.30. The van der Waals surface area contributed by atoms with Crippen molar-refractivity contribution in [2.24, 2.45) is 4.99 Å². The number of guanidine groups is 1. The highest BCUT2D eigenvalue weighted by molar-refractivity contribution is 5.79. The molecule has 160 valence electrons. The minimum atomic E-state index is 0.544. The van der Waals surface area contributed by atoms with E-state index in [1.54, 1.807) is 14.2 Å². The lowest BCUT2D eigenvalue weighted by Crippen LogP contribution is -2.41. The summed E-state index contributed by atoms with van der Waals surface area (Å²) < 4.78 is 10.9. The van der Waals surface area contributed by atoms with E-state index in [4.69, 9.17) is 9.47 Å². The third-order valence-electron chi connectivity index (χ3n) is 4.65. The Morgan fingerprint density at radius 2 is 1.82 bits per heavy atom. The number of hydrogen-bond acceptors (Lipinski definition) is 4. The van der Waals surface area contributed by atoms with Gasteiger partial charge in [-0.1, -0.05) is 12.1 Å². The molecule has 0 saturated carbocycles. The molecule has 1 aromatic carbocycles. The summed E-state index contributed by atoms with van der Waals surface area (Å²) in [6.07, 6.45) is 1.08. The number of benzene rings is 1. The highest BCUT2D eigenvalue weighted by atomic mass is 16.5. The first kappa shape index (κ1) is 24.2. The predicted octanol–water partition coefficient (Wildman–Crippen LogP) is 3.19. The third-order valence-corrected chi connectivity index (χ3v) is 4.65. The van der Waals surface area contributed by atoms with Crippen molar-refractivity contribution in [1.82, 2.24) is 15.5 Å². The van der Waals surface area contributed by atoms with Crippen LogP contribution >= 0.6 is 0 Å². The molecule has 0 radical (unpaired) electrons. The average Bonchev–Trinajstić information content (AvgIpc) is 2.64. The molecular formula is C22H40N4O2. The molecule has 0 bridgehead atoms. The van der Waals surface area contributed by atoms with Crippen molar-refractivity contribution in [2.75, 3.05) is 40.5 Å². The number of aliphatic imine (C=N–C) groups is 1. The number of hydrogen-bond donors (Lipinski definition) is 2. The molecule has 6 nitrogen and oxygen atoms in total. The summed E-state index contributed by atoms with van der Waals surface area (Å²) in [7, 11) is 3.48. The van der Waals surface area contributed by atoms with Gasteiger partial charge in [-0.2, -0.15) is 0 Å². The molecule has 28 heavy (non-hydrogen) atoms. The fourth-order valence-electron chi connectivity index (χ4n) is 3.16. The standard InChI is InChI=1S/C22H40N4O2/c1-17(2)26(18(3)4)12-8-11-24-22(23-6)25-16-20-10-9-19(5)15-21(20)28-14-13-27-7/h9-10,15,17-18H,8,11-14,16H2,1-7H3,(H2,23,24,25). The van der Waals surface area contributed by atoms with Crippen LogP contribution in [0, 0.1) is 6.92 Å². The zero-order chi connectivity index (χ0) is 20.9. The van der Waals surface area contributed by atoms with E-state index in [1.165, 1.54) is 5.56 Å². The molecule has 0 heterocycles. The van der Waals surface area contributed by atoms with Gasteiger partial charge in [0.1, 0.15) is 12.4 Å². The highest BCUT2D eigenvalue weighted by Gasteiger charge is 2.12. The Labute approximate surface area is 171 Å². The van der Waals surface area contributed by atoms with Crippen LogP contribution in [0.2, 0.25) is 0 Å². The van der Waals surface area contributed by atoms with Gasteiger partial charge < -0.3 is 20.1 Å². The summed E-state index contributed by atoms with van der Waals surface area (Å²) in [4.78, 5) is 6.84. The Balaban J connectivity index is 2.49. The minimum absolute atomic E-state index is 0.544. The summed E-state index contributed by atoms with van der Waals surface area (Å²) in [6, 6.07) is 7.39. The molecule has 1 aromatic rings. The van der Waals surface area contributed by atoms with Crippen molar-refractivity contribution in [2.45, 2.75) is 59.7 Å². The van der Waals surface area contributed by atoms with Crippen LogP contribution in [-0.2, 0) is 11.3 Å². The molecule has 0 unspecified atom stereocenters. The molecule has 0 amide bonds. The Hall–Kier alpha value is -1.79. The number of aryl methyl sites for hydroxylation is 1. The molecular weight excluding hydrogens is 352 g/mol. The Morgan fingerprint density at radius 1 is 1.11 bits per heavy atom. The van der Waals surface area contributed by atoms with Gasteiger partial charge in [-0.3, -0.25) is 9.89 Å². The second-order valence-electron chi connectivity index (χ2n) is 7.58. The van der Waals surface area contributed by atoms with E-state index in [0.717, 1.165) is 36.8 Å². The van der Waals surface area contributed by atoms with Crippen molar-refractivity contribution >= 4 is 5.96 Å². The zero-order valence-corrected chi connectivity index (χ0v) is 18.8. The highest BCUT2D eigenvalue weighted by Crippen LogP contribution is 2.20. The average molecular weight is 393 g/mol. The lowest BCUT2D eigenvalue weighted by molar-refractivity contribution is 0.145. The van der Waals surface area contributed by atoms with E-state index in [0.29, 0.717) is 31.8 Å². The fraction of sp³-hybridized carbons (Fsp3) is 0.682. The molecule has 0 atom stereocenters. The van der Waals surface area contributed by atoms with Crippen LogP contribution in [0.25, 0.3) is 0 Å². The number of ether oxygens (including phenoxy) is 2. The van der Waals surface area contributed by atoms with Crippen LogP contribution in [-0.4, -0.2) is 63.4 Å². The van der Waals surface area contributed by atoms with Gasteiger partial charge >= 0.3 is 0 Å². The molecule has 0 saturated heterocycles. The van der Waals surface area contributed by atoms with Gasteiger partial charge in [-0.05, 0) is 52.7 Å². The molecule has 1 rings (SSSR count). The second kappa shape index (κ2) is 13.4. The van der Waals surface area contributed by atoms with Gasteiger partial charge in [0, 0.05) is 51.4 Å². The summed E-state index contributed by atoms with van der Waals surface area (Å²) in [5.74, 6) is 1.70. The Bertz CT molecular complexity index is 580. The minimum Gasteiger partial charge on any atom is -0.491 e. The van der Waals surface area contributed by atoms with Crippen molar-refractivity contribution in [3.63, 3.8) is 0 Å². The second-order valence-corrected chi connectivity index (χ2v) is 7.58. The van der Waals surface area contributed by atoms with Gasteiger partial charge in [0.25, 0.3) is 0 Å². The largest absolute Gasteiger partial charge is 0.491 e. The molecule has 0 aliphatic rings. The van der Waals surface area contributed by atoms with Crippen LogP contribution in [0.1, 0.15) is 45.2 Å². The normalized spacial score (nSPS) is 12.1. The number of rotatable bonds is 12. The molecule has 0 aliphatic heterocycles. The maximum Gasteiger partial charge on any atom is 0.191 e. The van der Waals surface area contributed by atoms with Crippen LogP contribution in [0.3, 0.4) is 0 Å². The van der Waals surface area contributed by atoms with Crippen molar-refractivity contribution < 1.29 is 9.47 Å². The van der Waals surface area contributed by atoms with Gasteiger partial charge in [0.2, 0.25) is 0 Å². The number of nitrogens with zero attached hydrogens (tertiary/aromatic N) is 2. The Kier molecular flexibility index (Phi) is 11.6. The number of nitrogens with one attached hydrogen (secondary N) is 2. The topological polar surface area (TPSA) is 58.1 Å². The van der Waals surface area contributed by atoms with E-state index in [1.807, 2.05) is 0 Å². The zero-order valence-electron chi connectivity index (χ0n) is 18.8. The predicted molar refractivity (Wildman–Crippen MR) is 118 cm³/mol. The van der Waals surface area contributed by atoms with E-state index in [-0.39, 0.29) is 0 Å². The summed E-state index contributed by atoms with van der Waals surface area (Å²) in [5.41, 5.74) is 2.29. The van der Waals surface area contributed by atoms with E-state index in [2.05, 4.69) is 73.3 Å². The first-order chi connectivity index (χ1) is 13.4. The quantitative estimate of drug-likeness (QED) is 0.325. The smallest absolute Gasteiger partial charge is 0.191 e. The molecule has 0 spiro atoms. The van der Waals surface area contributed by atoms with Gasteiger partial charge in [-0.25, -0.2) is 0 Å². The van der Waals surface area contributed by atoms with Gasteiger partial charge in [0.15, 0.2) is 5.96 Å². The van der Waals surface area contributed by atoms with Crippen LogP contribution in [0.15, 0.2) is 23.2 Å². The maximum atomic E-state index is 5.86. The van der Waals surface area contributed by atoms with Gasteiger partial charge in [0.05, 0.1) is 6.61 Å². The fourth-order valence-corrected chi connectivity index (χ4v) is 3.16. The maximum absolute atomic E-state index is 5.86. The van der Waals surface area contributed by atoms with E-state index < -0.39 is 0 Å². The monoisotopic (exact) mass is 392 g/mol. The molecule has 0 aromatic heterocycles. The molecule has 2 N–H and O–H groups in total. The Morgan fingerprint density at radius 3 is 2.43 bits per heavy atom. The van der Waals surface area contributed by atoms with Crippen molar-refractivity contribution in [3.05, 3.63) is 29.3 Å². The SMILES string of the molecule is CN=C(NCCCN(C(C)C)C(C)C)NCc1ccc(C)cc1OCCOC. The third kappa shape index (κ3) is 8.93. The summed E-state index contributed by atoms with van der Waals surface area (Å²) in [5, 5.41) is 6.79. The van der Waals surface area contributed by atoms with Crippen LogP contribution < -0.4 is 15.4 Å². The lowest BCUT2D eigenvalue weighted by atomic mass is 10.1. The van der Waals surface area contributed by atoms with Crippen molar-refractivity contribution in [1.29, 1.82) is 0 Å². The van der Waals surface area contributed by atoms with Crippen LogP contribution in [0.5, 0.6) is 5.75 Å². The summed E-state index contributed by atoms with van der Waals surface area (Å²) >= 11 is 0. The van der Waals surface area contributed by atoms with Crippen LogP contribution in [0.4, 0.5) is 0 Å². The van der Waals surface area contributed by atoms with E-state index in [9.17, 15) is 0 Å². The first-order valence-electron chi connectivity index (χ1n) is 10.3. The molecule has 0 fully saturated rings. The van der Waals surface area contributed by atoms with Crippen molar-refractivity contribution in [3.8, 4) is 5.75 Å². The molecule has 0 aliphatic carbocycles. The molecule has 6 heteroatoms. The van der Waals surface area contributed by atoms with E-state index >= 15 is 0 Å². The van der Waals surface area contributed by atoms with Gasteiger partial charge in [-0.15, -0.1) is 0 Å². The summed E-state index contributed by atoms with van der Waals surface area (Å²) in [6.45, 7) is 14.8. The first-order valence-corrected chi connectivity index (χ1v) is 10.3.